The molecule has 1 aromatic rings. The molecule has 1 saturated heterocycles. The molecule has 1 heterocycles. The van der Waals surface area contributed by atoms with Crippen LogP contribution in [0.15, 0.2) is 28.7 Å². The van der Waals surface area contributed by atoms with Crippen LogP contribution < -0.4 is 5.32 Å². The topological polar surface area (TPSA) is 49.4 Å². The summed E-state index contributed by atoms with van der Waals surface area (Å²) in [5.41, 5.74) is 0.699. The van der Waals surface area contributed by atoms with Gasteiger partial charge in [0.1, 0.15) is 0 Å². The SMILES string of the molecule is CC(C)C(C)NC(=O)C1CCN(C(=O)c2ccc(Br)cc2)CC1. The van der Waals surface area contributed by atoms with Gasteiger partial charge in [0.05, 0.1) is 0 Å². The maximum Gasteiger partial charge on any atom is 0.253 e. The summed E-state index contributed by atoms with van der Waals surface area (Å²) in [4.78, 5) is 26.6. The molecule has 1 aliphatic rings. The zero-order valence-corrected chi connectivity index (χ0v) is 15.6. The molecule has 1 N–H and O–H groups in total. The van der Waals surface area contributed by atoms with Gasteiger partial charge in [0.2, 0.25) is 5.91 Å². The molecule has 23 heavy (non-hydrogen) atoms. The van der Waals surface area contributed by atoms with Crippen LogP contribution in [-0.4, -0.2) is 35.8 Å². The van der Waals surface area contributed by atoms with Gasteiger partial charge in [-0.3, -0.25) is 9.59 Å². The second-order valence-corrected chi connectivity index (χ2v) is 7.53. The van der Waals surface area contributed by atoms with Crippen molar-refractivity contribution in [3.63, 3.8) is 0 Å². The van der Waals surface area contributed by atoms with Crippen LogP contribution in [0.4, 0.5) is 0 Å². The van der Waals surface area contributed by atoms with E-state index in [0.717, 1.165) is 17.3 Å². The Morgan fingerprint density at radius 1 is 1.13 bits per heavy atom. The lowest BCUT2D eigenvalue weighted by molar-refractivity contribution is -0.127. The standard InChI is InChI=1S/C18H25BrN2O2/c1-12(2)13(3)20-17(22)14-8-10-21(11-9-14)18(23)15-4-6-16(19)7-5-15/h4-7,12-14H,8-11H2,1-3H3,(H,20,22). The van der Waals surface area contributed by atoms with Crippen LogP contribution in [0.5, 0.6) is 0 Å². The lowest BCUT2D eigenvalue weighted by Crippen LogP contribution is -2.45. The van der Waals surface area contributed by atoms with Gasteiger partial charge in [0, 0.05) is 35.1 Å². The summed E-state index contributed by atoms with van der Waals surface area (Å²) in [6, 6.07) is 7.59. The van der Waals surface area contributed by atoms with Crippen LogP contribution in [0.3, 0.4) is 0 Å². The molecule has 4 nitrogen and oxygen atoms in total. The number of piperidine rings is 1. The van der Waals surface area contributed by atoms with E-state index in [0.29, 0.717) is 24.6 Å². The molecular weight excluding hydrogens is 356 g/mol. The van der Waals surface area contributed by atoms with Crippen LogP contribution in [0.2, 0.25) is 0 Å². The molecule has 2 rings (SSSR count). The van der Waals surface area contributed by atoms with Crippen molar-refractivity contribution in [1.82, 2.24) is 10.2 Å². The molecule has 126 valence electrons. The third kappa shape index (κ3) is 4.80. The Kier molecular flexibility index (Phi) is 6.22. The zero-order valence-electron chi connectivity index (χ0n) is 14.0. The van der Waals surface area contributed by atoms with E-state index in [2.05, 4.69) is 35.1 Å². The fraction of sp³-hybridized carbons (Fsp3) is 0.556. The highest BCUT2D eigenvalue weighted by atomic mass is 79.9. The molecule has 0 radical (unpaired) electrons. The maximum absolute atomic E-state index is 12.5. The van der Waals surface area contributed by atoms with Crippen molar-refractivity contribution in [3.05, 3.63) is 34.3 Å². The smallest absolute Gasteiger partial charge is 0.253 e. The Morgan fingerprint density at radius 2 is 1.70 bits per heavy atom. The van der Waals surface area contributed by atoms with Crippen LogP contribution >= 0.6 is 15.9 Å². The summed E-state index contributed by atoms with van der Waals surface area (Å²) in [6.07, 6.45) is 1.47. The maximum atomic E-state index is 12.5. The summed E-state index contributed by atoms with van der Waals surface area (Å²) < 4.78 is 0.962. The number of nitrogens with one attached hydrogen (secondary N) is 1. The minimum Gasteiger partial charge on any atom is -0.353 e. The number of benzene rings is 1. The molecule has 1 aromatic carbocycles. The van der Waals surface area contributed by atoms with Gasteiger partial charge >= 0.3 is 0 Å². The first-order valence-electron chi connectivity index (χ1n) is 8.23. The van der Waals surface area contributed by atoms with Crippen LogP contribution in [0, 0.1) is 11.8 Å². The van der Waals surface area contributed by atoms with Crippen molar-refractivity contribution < 1.29 is 9.59 Å². The van der Waals surface area contributed by atoms with Crippen LogP contribution in [-0.2, 0) is 4.79 Å². The first-order valence-corrected chi connectivity index (χ1v) is 9.03. The predicted molar refractivity (Wildman–Crippen MR) is 95.2 cm³/mol. The molecule has 0 spiro atoms. The Hall–Kier alpha value is -1.36. The summed E-state index contributed by atoms with van der Waals surface area (Å²) in [6.45, 7) is 7.52. The monoisotopic (exact) mass is 380 g/mol. The highest BCUT2D eigenvalue weighted by molar-refractivity contribution is 9.10. The number of halogens is 1. The van der Waals surface area contributed by atoms with Crippen molar-refractivity contribution in [1.29, 1.82) is 0 Å². The van der Waals surface area contributed by atoms with Gasteiger partial charge < -0.3 is 10.2 Å². The van der Waals surface area contributed by atoms with Gasteiger partial charge in [0.25, 0.3) is 5.91 Å². The van der Waals surface area contributed by atoms with E-state index in [9.17, 15) is 9.59 Å². The minimum absolute atomic E-state index is 0.0187. The van der Waals surface area contributed by atoms with E-state index in [-0.39, 0.29) is 23.8 Å². The van der Waals surface area contributed by atoms with Crippen molar-refractivity contribution >= 4 is 27.7 Å². The molecule has 1 aliphatic heterocycles. The quantitative estimate of drug-likeness (QED) is 0.869. The molecule has 0 aromatic heterocycles. The average molecular weight is 381 g/mol. The van der Waals surface area contributed by atoms with Crippen molar-refractivity contribution in [2.24, 2.45) is 11.8 Å². The van der Waals surface area contributed by atoms with Crippen molar-refractivity contribution in [2.75, 3.05) is 13.1 Å². The van der Waals surface area contributed by atoms with Crippen molar-refractivity contribution in [2.45, 2.75) is 39.7 Å². The fourth-order valence-corrected chi connectivity index (χ4v) is 2.89. The van der Waals surface area contributed by atoms with E-state index in [1.165, 1.54) is 0 Å². The molecule has 0 saturated carbocycles. The van der Waals surface area contributed by atoms with Gasteiger partial charge in [-0.1, -0.05) is 29.8 Å². The van der Waals surface area contributed by atoms with Gasteiger partial charge in [-0.2, -0.15) is 0 Å². The number of carbonyl (C=O) groups excluding carboxylic acids is 2. The normalized spacial score (nSPS) is 17.2. The average Bonchev–Trinajstić information content (AvgIpc) is 2.55. The zero-order chi connectivity index (χ0) is 17.0. The van der Waals surface area contributed by atoms with Gasteiger partial charge in [-0.05, 0) is 49.9 Å². The van der Waals surface area contributed by atoms with E-state index >= 15 is 0 Å². The number of hydrogen-bond acceptors (Lipinski definition) is 2. The number of hydrogen-bond donors (Lipinski definition) is 1. The second-order valence-electron chi connectivity index (χ2n) is 6.61. The predicted octanol–water partition coefficient (Wildman–Crippen LogP) is 3.46. The van der Waals surface area contributed by atoms with E-state index in [4.69, 9.17) is 0 Å². The lowest BCUT2D eigenvalue weighted by atomic mass is 9.94. The highest BCUT2D eigenvalue weighted by Gasteiger charge is 2.28. The molecule has 1 atom stereocenters. The number of likely N-dealkylation sites (tertiary alicyclic amines) is 1. The second kappa shape index (κ2) is 7.95. The molecule has 0 aliphatic carbocycles. The van der Waals surface area contributed by atoms with Gasteiger partial charge in [-0.25, -0.2) is 0 Å². The summed E-state index contributed by atoms with van der Waals surface area (Å²) in [5.74, 6) is 0.622. The van der Waals surface area contributed by atoms with E-state index < -0.39 is 0 Å². The fourth-order valence-electron chi connectivity index (χ4n) is 2.63. The van der Waals surface area contributed by atoms with Crippen molar-refractivity contribution in [3.8, 4) is 0 Å². The highest BCUT2D eigenvalue weighted by Crippen LogP contribution is 2.20. The molecule has 1 fully saturated rings. The number of rotatable bonds is 4. The number of carbonyl (C=O) groups is 2. The molecule has 2 amide bonds. The molecular formula is C18H25BrN2O2. The lowest BCUT2D eigenvalue weighted by Gasteiger charge is -2.32. The summed E-state index contributed by atoms with van der Waals surface area (Å²) in [5, 5.41) is 3.08. The van der Waals surface area contributed by atoms with Gasteiger partial charge in [-0.15, -0.1) is 0 Å². The Bertz CT molecular complexity index is 549. The van der Waals surface area contributed by atoms with Crippen LogP contribution in [0.1, 0.15) is 44.0 Å². The largest absolute Gasteiger partial charge is 0.353 e. The number of nitrogens with zero attached hydrogens (tertiary/aromatic N) is 1. The first kappa shape index (κ1) is 18.0. The molecule has 5 heteroatoms. The third-order valence-corrected chi connectivity index (χ3v) is 5.14. The Balaban J connectivity index is 1.87. The summed E-state index contributed by atoms with van der Waals surface area (Å²) >= 11 is 3.37. The van der Waals surface area contributed by atoms with Crippen LogP contribution in [0.25, 0.3) is 0 Å². The first-order chi connectivity index (χ1) is 10.9. The molecule has 1 unspecified atom stereocenters. The van der Waals surface area contributed by atoms with Gasteiger partial charge in [0.15, 0.2) is 0 Å². The molecule has 0 bridgehead atoms. The third-order valence-electron chi connectivity index (χ3n) is 4.61. The summed E-state index contributed by atoms with van der Waals surface area (Å²) in [7, 11) is 0. The van der Waals surface area contributed by atoms with E-state index in [1.807, 2.05) is 36.1 Å². The Morgan fingerprint density at radius 3 is 2.22 bits per heavy atom. The minimum atomic E-state index is 0.0187. The Labute approximate surface area is 146 Å². The van der Waals surface area contributed by atoms with E-state index in [1.54, 1.807) is 0 Å². The number of amides is 2.